The molecule has 1 aromatic rings. The molecule has 1 aliphatic carbocycles. The van der Waals surface area contributed by atoms with Crippen LogP contribution in [0.3, 0.4) is 0 Å². The fourth-order valence-electron chi connectivity index (χ4n) is 2.74. The van der Waals surface area contributed by atoms with Crippen molar-refractivity contribution in [3.05, 3.63) is 32.6 Å². The molecule has 0 aromatic carbocycles. The third-order valence-electron chi connectivity index (χ3n) is 3.79. The minimum absolute atomic E-state index is 0.204. The zero-order valence-corrected chi connectivity index (χ0v) is 11.5. The smallest absolute Gasteiger partial charge is 0.330 e. The van der Waals surface area contributed by atoms with Gasteiger partial charge < -0.3 is 9.84 Å². The number of rotatable bonds is 2. The first kappa shape index (κ1) is 13.2. The van der Waals surface area contributed by atoms with E-state index in [1.54, 1.807) is 6.92 Å². The van der Waals surface area contributed by atoms with Gasteiger partial charge in [-0.1, -0.05) is 0 Å². The largest absolute Gasteiger partial charge is 0.394 e. The molecule has 2 unspecified atom stereocenters. The highest BCUT2D eigenvalue weighted by molar-refractivity contribution is 6.51. The van der Waals surface area contributed by atoms with Crippen molar-refractivity contribution < 1.29 is 9.84 Å². The number of nitrogens with one attached hydrogen (secondary N) is 1. The number of hydrogen-bond donors (Lipinski definition) is 2. The van der Waals surface area contributed by atoms with Gasteiger partial charge in [-0.05, 0) is 6.92 Å². The van der Waals surface area contributed by atoms with E-state index in [1.165, 1.54) is 10.8 Å². The average Bonchev–Trinajstić information content (AvgIpc) is 2.73. The van der Waals surface area contributed by atoms with Crippen molar-refractivity contribution in [1.82, 2.24) is 9.55 Å². The van der Waals surface area contributed by atoms with Gasteiger partial charge in [-0.25, -0.2) is 4.79 Å². The number of hydrogen-bond acceptors (Lipinski definition) is 4. The molecule has 19 heavy (non-hydrogen) atoms. The molecular formula is C11H12Cl2N2O4. The number of aromatic nitrogens is 2. The summed E-state index contributed by atoms with van der Waals surface area (Å²) in [5, 5.41) is 9.24. The van der Waals surface area contributed by atoms with E-state index in [0.29, 0.717) is 5.56 Å². The Morgan fingerprint density at radius 1 is 1.47 bits per heavy atom. The fourth-order valence-corrected chi connectivity index (χ4v) is 3.65. The summed E-state index contributed by atoms with van der Waals surface area (Å²) >= 11 is 12.3. The molecule has 6 nitrogen and oxygen atoms in total. The maximum atomic E-state index is 11.8. The van der Waals surface area contributed by atoms with Crippen LogP contribution in [0.5, 0.6) is 0 Å². The maximum Gasteiger partial charge on any atom is 0.330 e. The normalized spacial score (nSPS) is 35.2. The molecule has 0 bridgehead atoms. The van der Waals surface area contributed by atoms with Crippen molar-refractivity contribution in [3.63, 3.8) is 0 Å². The van der Waals surface area contributed by atoms with Gasteiger partial charge in [-0.3, -0.25) is 14.3 Å². The van der Waals surface area contributed by atoms with Crippen molar-refractivity contribution in [2.45, 2.75) is 23.6 Å². The number of aryl methyl sites for hydroxylation is 1. The Labute approximate surface area is 117 Å². The van der Waals surface area contributed by atoms with Gasteiger partial charge >= 0.3 is 5.69 Å². The lowest BCUT2D eigenvalue weighted by Crippen LogP contribution is -2.36. The summed E-state index contributed by atoms with van der Waals surface area (Å²) in [4.78, 5) is 25.4. The van der Waals surface area contributed by atoms with Crippen LogP contribution in [-0.2, 0) is 4.74 Å². The average molecular weight is 307 g/mol. The van der Waals surface area contributed by atoms with E-state index in [4.69, 9.17) is 27.9 Å². The first-order valence-corrected chi connectivity index (χ1v) is 6.59. The molecule has 1 aliphatic heterocycles. The number of nitrogens with zero attached hydrogens (tertiary/aromatic N) is 1. The molecule has 104 valence electrons. The summed E-state index contributed by atoms with van der Waals surface area (Å²) in [6, 6.07) is 0. The second-order valence-corrected chi connectivity index (χ2v) is 6.40. The molecule has 1 saturated heterocycles. The molecular weight excluding hydrogens is 295 g/mol. The first-order chi connectivity index (χ1) is 8.87. The summed E-state index contributed by atoms with van der Waals surface area (Å²) < 4.78 is 5.87. The summed E-state index contributed by atoms with van der Waals surface area (Å²) in [5.74, 6) is -0.471. The number of H-pyrrole nitrogens is 1. The van der Waals surface area contributed by atoms with Gasteiger partial charge in [0, 0.05) is 23.6 Å². The molecule has 1 saturated carbocycles. The van der Waals surface area contributed by atoms with Crippen LogP contribution in [0.25, 0.3) is 0 Å². The first-order valence-electron chi connectivity index (χ1n) is 5.84. The molecule has 0 radical (unpaired) electrons. The van der Waals surface area contributed by atoms with Crippen LogP contribution in [0.2, 0.25) is 0 Å². The topological polar surface area (TPSA) is 84.3 Å². The molecule has 4 atom stereocenters. The van der Waals surface area contributed by atoms with Crippen LogP contribution in [0.15, 0.2) is 15.8 Å². The minimum Gasteiger partial charge on any atom is -0.394 e. The monoisotopic (exact) mass is 306 g/mol. The Morgan fingerprint density at radius 3 is 2.74 bits per heavy atom. The Bertz CT molecular complexity index is 638. The predicted molar refractivity (Wildman–Crippen MR) is 68.5 cm³/mol. The molecule has 2 aliphatic rings. The minimum atomic E-state index is -1.00. The van der Waals surface area contributed by atoms with Gasteiger partial charge in [0.2, 0.25) is 0 Å². The molecule has 3 rings (SSSR count). The highest BCUT2D eigenvalue weighted by Gasteiger charge is 2.74. The Balaban J connectivity index is 2.03. The third-order valence-corrected chi connectivity index (χ3v) is 4.80. The lowest BCUT2D eigenvalue weighted by atomic mass is 10.2. The molecule has 0 spiro atoms. The van der Waals surface area contributed by atoms with Crippen molar-refractivity contribution in [2.24, 2.45) is 11.8 Å². The summed E-state index contributed by atoms with van der Waals surface area (Å²) in [6.07, 6.45) is 0.259. The van der Waals surface area contributed by atoms with E-state index in [9.17, 15) is 14.7 Å². The summed E-state index contributed by atoms with van der Waals surface area (Å²) in [6.45, 7) is 1.38. The van der Waals surface area contributed by atoms with E-state index in [1.807, 2.05) is 0 Å². The van der Waals surface area contributed by atoms with Crippen LogP contribution in [0.4, 0.5) is 0 Å². The maximum absolute atomic E-state index is 11.8. The highest BCUT2D eigenvalue weighted by atomic mass is 35.5. The van der Waals surface area contributed by atoms with Crippen LogP contribution < -0.4 is 11.2 Å². The number of aliphatic hydroxyl groups is 1. The molecule has 0 amide bonds. The standard InChI is InChI=1S/C11H12Cl2N2O4/c1-4-2-15(10(18)14-8(4)17)9-7-6(11(7,12)13)5(3-16)19-9/h2,5-7,9,16H,3H2,1H3,(H,14,17,18)/t5-,6?,7?,9-/m1/s1. The lowest BCUT2D eigenvalue weighted by Gasteiger charge is -2.22. The van der Waals surface area contributed by atoms with Gasteiger partial charge in [0.1, 0.15) is 10.6 Å². The predicted octanol–water partition coefficient (Wildman–Crippen LogP) is 0.155. The van der Waals surface area contributed by atoms with Gasteiger partial charge in [-0.15, -0.1) is 23.2 Å². The number of ether oxygens (including phenoxy) is 1. The second kappa shape index (κ2) is 4.09. The van der Waals surface area contributed by atoms with Crippen molar-refractivity contribution in [1.29, 1.82) is 0 Å². The van der Waals surface area contributed by atoms with E-state index >= 15 is 0 Å². The van der Waals surface area contributed by atoms with Gasteiger partial charge in [0.25, 0.3) is 5.56 Å². The SMILES string of the molecule is Cc1cn([C@@H]2O[C@H](CO)C3C2C3(Cl)Cl)c(=O)[nH]c1=O. The van der Waals surface area contributed by atoms with E-state index in [-0.39, 0.29) is 18.4 Å². The molecule has 1 aromatic heterocycles. The summed E-state index contributed by atoms with van der Waals surface area (Å²) in [5.41, 5.74) is -0.620. The third kappa shape index (κ3) is 1.78. The second-order valence-electron chi connectivity index (χ2n) is 4.95. The number of aliphatic hydroxyl groups excluding tert-OH is 1. The van der Waals surface area contributed by atoms with E-state index in [2.05, 4.69) is 4.98 Å². The molecule has 2 heterocycles. The van der Waals surface area contributed by atoms with Gasteiger partial charge in [0.15, 0.2) is 0 Å². The van der Waals surface area contributed by atoms with Crippen LogP contribution in [0, 0.1) is 18.8 Å². The van der Waals surface area contributed by atoms with Crippen molar-refractivity contribution >= 4 is 23.2 Å². The van der Waals surface area contributed by atoms with Gasteiger partial charge in [-0.2, -0.15) is 0 Å². The molecule has 2 N–H and O–H groups in total. The van der Waals surface area contributed by atoms with Crippen molar-refractivity contribution in [3.8, 4) is 0 Å². The van der Waals surface area contributed by atoms with Crippen LogP contribution in [-0.4, -0.2) is 31.7 Å². The molecule has 8 heteroatoms. The number of aromatic amines is 1. The Kier molecular flexibility index (Phi) is 2.83. The van der Waals surface area contributed by atoms with E-state index < -0.39 is 27.9 Å². The number of halogens is 2. The zero-order valence-electron chi connectivity index (χ0n) is 9.97. The number of alkyl halides is 2. The Morgan fingerprint density at radius 2 is 2.16 bits per heavy atom. The Hall–Kier alpha value is -0.820. The van der Waals surface area contributed by atoms with Gasteiger partial charge in [0.05, 0.1) is 12.7 Å². The van der Waals surface area contributed by atoms with E-state index in [0.717, 1.165) is 0 Å². The zero-order chi connectivity index (χ0) is 13.9. The molecule has 2 fully saturated rings. The quantitative estimate of drug-likeness (QED) is 0.762. The van der Waals surface area contributed by atoms with Crippen LogP contribution in [0.1, 0.15) is 11.8 Å². The summed E-state index contributed by atoms with van der Waals surface area (Å²) in [7, 11) is 0. The fraction of sp³-hybridized carbons (Fsp3) is 0.636. The van der Waals surface area contributed by atoms with Crippen LogP contribution >= 0.6 is 23.2 Å². The number of fused-ring (bicyclic) bond motifs is 1. The highest BCUT2D eigenvalue weighted by Crippen LogP contribution is 2.69. The van der Waals surface area contributed by atoms with Crippen molar-refractivity contribution in [2.75, 3.05) is 6.61 Å². The lowest BCUT2D eigenvalue weighted by molar-refractivity contribution is -0.0532.